The molecule has 0 aromatic heterocycles. The van der Waals surface area contributed by atoms with Gasteiger partial charge in [0.05, 0.1) is 26.7 Å². The molecule has 192 valence electrons. The number of nitrogens with one attached hydrogen (secondary N) is 2. The van der Waals surface area contributed by atoms with Crippen LogP contribution < -0.4 is 10.4 Å². The van der Waals surface area contributed by atoms with Crippen LogP contribution in [0, 0.1) is 5.41 Å². The van der Waals surface area contributed by atoms with Crippen LogP contribution in [0.2, 0.25) is 0 Å². The molecule has 0 saturated carbocycles. The van der Waals surface area contributed by atoms with E-state index in [0.717, 1.165) is 12.0 Å². The summed E-state index contributed by atoms with van der Waals surface area (Å²) in [5.74, 6) is -1.63. The fraction of sp³-hybridized carbons (Fsp3) is 0.609. The minimum absolute atomic E-state index is 0.00917. The number of carbonyl (C=O) groups excluding carboxylic acids is 3. The standard InChI is InChI=1S/C23H37N2O8P/c1-7-9-11-18(8-2)12-10-15-31-22(28)17(3)25-34(29)32-16-23(4,5)20(33-34)21(27)24-14-13-19(26)30-6/h7-9,11,17,20H,1,10,12-16H2,2-6H3,(H,24,27)(H,25,29)/b11-9-,18-8+/t17-,20-,34?/m0/s1. The normalized spacial score (nSPS) is 23.2. The molecular weight excluding hydrogens is 463 g/mol. The first-order valence-electron chi connectivity index (χ1n) is 11.1. The molecule has 11 heteroatoms. The van der Waals surface area contributed by atoms with Gasteiger partial charge in [-0.15, -0.1) is 0 Å². The largest absolute Gasteiger partial charge is 0.469 e. The molecule has 1 fully saturated rings. The number of ether oxygens (including phenoxy) is 2. The van der Waals surface area contributed by atoms with Gasteiger partial charge in [-0.25, -0.2) is 9.65 Å². The Hall–Kier alpha value is -2.26. The molecular formula is C23H37N2O8P. The number of carbonyl (C=O) groups is 3. The summed E-state index contributed by atoms with van der Waals surface area (Å²) in [6, 6.07) is -0.989. The first kappa shape index (κ1) is 29.8. The van der Waals surface area contributed by atoms with Crippen molar-refractivity contribution in [2.45, 2.75) is 59.1 Å². The van der Waals surface area contributed by atoms with Crippen LogP contribution in [-0.2, 0) is 37.5 Å². The van der Waals surface area contributed by atoms with Crippen molar-refractivity contribution in [3.8, 4) is 0 Å². The van der Waals surface area contributed by atoms with Crippen molar-refractivity contribution in [2.24, 2.45) is 5.41 Å². The molecule has 3 atom stereocenters. The van der Waals surface area contributed by atoms with Crippen LogP contribution in [-0.4, -0.2) is 56.9 Å². The summed E-state index contributed by atoms with van der Waals surface area (Å²) < 4.78 is 33.8. The lowest BCUT2D eigenvalue weighted by Crippen LogP contribution is -2.51. The molecule has 0 radical (unpaired) electrons. The molecule has 1 aliphatic heterocycles. The third-order valence-electron chi connectivity index (χ3n) is 5.03. The molecule has 10 nitrogen and oxygen atoms in total. The maximum Gasteiger partial charge on any atom is 0.407 e. The zero-order valence-corrected chi connectivity index (χ0v) is 21.5. The number of hydrogen-bond donors (Lipinski definition) is 2. The van der Waals surface area contributed by atoms with Gasteiger partial charge in [0.25, 0.3) is 0 Å². The van der Waals surface area contributed by atoms with Crippen molar-refractivity contribution in [1.29, 1.82) is 0 Å². The number of rotatable bonds is 13. The predicted octanol–water partition coefficient (Wildman–Crippen LogP) is 3.21. The first-order chi connectivity index (χ1) is 16.0. The van der Waals surface area contributed by atoms with Gasteiger partial charge in [-0.2, -0.15) is 0 Å². The second-order valence-electron chi connectivity index (χ2n) is 8.44. The second kappa shape index (κ2) is 14.2. The average Bonchev–Trinajstić information content (AvgIpc) is 2.79. The van der Waals surface area contributed by atoms with Crippen LogP contribution in [0.3, 0.4) is 0 Å². The third-order valence-corrected chi connectivity index (χ3v) is 6.69. The number of methoxy groups -OCH3 is 1. The third kappa shape index (κ3) is 9.93. The van der Waals surface area contributed by atoms with E-state index in [0.29, 0.717) is 6.42 Å². The van der Waals surface area contributed by atoms with Gasteiger partial charge in [0.15, 0.2) is 6.10 Å². The van der Waals surface area contributed by atoms with Crippen molar-refractivity contribution in [3.63, 3.8) is 0 Å². The fourth-order valence-corrected chi connectivity index (χ4v) is 4.91. The van der Waals surface area contributed by atoms with Gasteiger partial charge >= 0.3 is 19.7 Å². The molecule has 1 amide bonds. The SMILES string of the molecule is C=C/C=C\C(=C/C)CCCOC(=O)[C@H](C)NP1(=O)OCC(C)(C)[C@H](C(=O)NCCC(=O)OC)O1. The maximum atomic E-state index is 13.1. The van der Waals surface area contributed by atoms with Gasteiger partial charge < -0.3 is 14.8 Å². The van der Waals surface area contributed by atoms with E-state index in [-0.39, 0.29) is 26.2 Å². The molecule has 0 aromatic rings. The highest BCUT2D eigenvalue weighted by molar-refractivity contribution is 7.51. The Labute approximate surface area is 201 Å². The summed E-state index contributed by atoms with van der Waals surface area (Å²) in [6.07, 6.45) is 7.64. The number of amides is 1. The Morgan fingerprint density at radius 1 is 1.29 bits per heavy atom. The van der Waals surface area contributed by atoms with Gasteiger partial charge in [0.2, 0.25) is 5.91 Å². The van der Waals surface area contributed by atoms with Crippen molar-refractivity contribution in [3.05, 3.63) is 36.5 Å². The lowest BCUT2D eigenvalue weighted by atomic mass is 9.87. The molecule has 1 heterocycles. The Kier molecular flexibility index (Phi) is 12.4. The van der Waals surface area contributed by atoms with E-state index in [1.807, 2.05) is 25.2 Å². The number of esters is 2. The Balaban J connectivity index is 2.60. The minimum atomic E-state index is -3.97. The number of hydrogen-bond acceptors (Lipinski definition) is 8. The lowest BCUT2D eigenvalue weighted by molar-refractivity contribution is -0.145. The Bertz CT molecular complexity index is 837. The van der Waals surface area contributed by atoms with Crippen LogP contribution in [0.5, 0.6) is 0 Å². The molecule has 0 aromatic carbocycles. The quantitative estimate of drug-likeness (QED) is 0.169. The van der Waals surface area contributed by atoms with E-state index >= 15 is 0 Å². The molecule has 0 aliphatic carbocycles. The van der Waals surface area contributed by atoms with Crippen LogP contribution in [0.15, 0.2) is 36.5 Å². The van der Waals surface area contributed by atoms with E-state index in [4.69, 9.17) is 13.8 Å². The lowest BCUT2D eigenvalue weighted by Gasteiger charge is -2.40. The first-order valence-corrected chi connectivity index (χ1v) is 12.7. The van der Waals surface area contributed by atoms with E-state index in [2.05, 4.69) is 21.7 Å². The molecule has 1 saturated heterocycles. The van der Waals surface area contributed by atoms with Gasteiger partial charge in [-0.05, 0) is 26.7 Å². The van der Waals surface area contributed by atoms with Gasteiger partial charge in [0, 0.05) is 12.0 Å². The average molecular weight is 501 g/mol. The molecule has 1 unspecified atom stereocenters. The van der Waals surface area contributed by atoms with Gasteiger partial charge in [-0.1, -0.05) is 50.3 Å². The molecule has 34 heavy (non-hydrogen) atoms. The zero-order valence-electron chi connectivity index (χ0n) is 20.6. The van der Waals surface area contributed by atoms with Crippen LogP contribution in [0.25, 0.3) is 0 Å². The molecule has 2 N–H and O–H groups in total. The smallest absolute Gasteiger partial charge is 0.407 e. The Morgan fingerprint density at radius 3 is 2.62 bits per heavy atom. The van der Waals surface area contributed by atoms with Crippen LogP contribution in [0.1, 0.15) is 47.0 Å². The van der Waals surface area contributed by atoms with Crippen molar-refractivity contribution < 1.29 is 37.5 Å². The van der Waals surface area contributed by atoms with E-state index < -0.39 is 43.2 Å². The van der Waals surface area contributed by atoms with Crippen molar-refractivity contribution in [1.82, 2.24) is 10.4 Å². The summed E-state index contributed by atoms with van der Waals surface area (Å²) in [5, 5.41) is 5.11. The highest BCUT2D eigenvalue weighted by atomic mass is 31.2. The molecule has 1 rings (SSSR count). The summed E-state index contributed by atoms with van der Waals surface area (Å²) in [7, 11) is -2.72. The van der Waals surface area contributed by atoms with Gasteiger partial charge in [-0.3, -0.25) is 23.4 Å². The fourth-order valence-electron chi connectivity index (χ4n) is 2.97. The predicted molar refractivity (Wildman–Crippen MR) is 128 cm³/mol. The van der Waals surface area contributed by atoms with E-state index in [1.165, 1.54) is 14.0 Å². The summed E-state index contributed by atoms with van der Waals surface area (Å²) >= 11 is 0. The van der Waals surface area contributed by atoms with Gasteiger partial charge in [0.1, 0.15) is 6.04 Å². The van der Waals surface area contributed by atoms with Crippen molar-refractivity contribution >= 4 is 25.6 Å². The monoisotopic (exact) mass is 500 g/mol. The Morgan fingerprint density at radius 2 is 2.00 bits per heavy atom. The highest BCUT2D eigenvalue weighted by Gasteiger charge is 2.48. The summed E-state index contributed by atoms with van der Waals surface area (Å²) in [5.41, 5.74) is 0.299. The van der Waals surface area contributed by atoms with Crippen LogP contribution >= 0.6 is 7.75 Å². The number of allylic oxidation sites excluding steroid dienone is 5. The van der Waals surface area contributed by atoms with Crippen LogP contribution in [0.4, 0.5) is 0 Å². The minimum Gasteiger partial charge on any atom is -0.469 e. The topological polar surface area (TPSA) is 129 Å². The molecule has 0 bridgehead atoms. The summed E-state index contributed by atoms with van der Waals surface area (Å²) in [6.45, 7) is 10.7. The van der Waals surface area contributed by atoms with E-state index in [9.17, 15) is 18.9 Å². The maximum absolute atomic E-state index is 13.1. The zero-order chi connectivity index (χ0) is 25.8. The van der Waals surface area contributed by atoms with E-state index in [1.54, 1.807) is 19.9 Å². The summed E-state index contributed by atoms with van der Waals surface area (Å²) in [4.78, 5) is 36.2. The second-order valence-corrected chi connectivity index (χ2v) is 10.2. The molecule has 0 spiro atoms. The van der Waals surface area contributed by atoms with Crippen molar-refractivity contribution in [2.75, 3.05) is 26.9 Å². The molecule has 1 aliphatic rings. The highest BCUT2D eigenvalue weighted by Crippen LogP contribution is 2.53.